The minimum Gasteiger partial charge on any atom is -0.486 e. The smallest absolute Gasteiger partial charge is 0.191 e. The SMILES string of the molecule is CCOCCCNC(=NC)NCC1COc2ccccc2O1.I. The summed E-state index contributed by atoms with van der Waals surface area (Å²) in [5, 5.41) is 6.50. The number of hydrogen-bond donors (Lipinski definition) is 2. The summed E-state index contributed by atoms with van der Waals surface area (Å²) < 4.78 is 16.9. The molecule has 0 saturated heterocycles. The van der Waals surface area contributed by atoms with Crippen LogP contribution in [-0.2, 0) is 4.74 Å². The van der Waals surface area contributed by atoms with E-state index < -0.39 is 0 Å². The second-order valence-corrected chi connectivity index (χ2v) is 4.93. The third-order valence-electron chi connectivity index (χ3n) is 3.25. The average molecular weight is 435 g/mol. The van der Waals surface area contributed by atoms with Gasteiger partial charge in [-0.3, -0.25) is 4.99 Å². The molecule has 0 spiro atoms. The lowest BCUT2D eigenvalue weighted by Gasteiger charge is -2.27. The number of guanidine groups is 1. The van der Waals surface area contributed by atoms with Gasteiger partial charge in [-0.05, 0) is 25.5 Å². The number of halogens is 1. The fraction of sp³-hybridized carbons (Fsp3) is 0.562. The lowest BCUT2D eigenvalue weighted by molar-refractivity contribution is 0.0936. The molecule has 0 aliphatic carbocycles. The standard InChI is InChI=1S/C16H25N3O3.HI/c1-3-20-10-6-9-18-16(17-2)19-11-13-12-21-14-7-4-5-8-15(14)22-13;/h4-5,7-8,13H,3,6,9-12H2,1-2H3,(H2,17,18,19);1H. The molecule has 0 amide bonds. The Hall–Kier alpha value is -1.22. The van der Waals surface area contributed by atoms with Gasteiger partial charge in [0, 0.05) is 26.8 Å². The van der Waals surface area contributed by atoms with Crippen LogP contribution in [0.25, 0.3) is 0 Å². The summed E-state index contributed by atoms with van der Waals surface area (Å²) >= 11 is 0. The zero-order valence-corrected chi connectivity index (χ0v) is 16.0. The average Bonchev–Trinajstić information content (AvgIpc) is 2.57. The summed E-state index contributed by atoms with van der Waals surface area (Å²) in [6, 6.07) is 7.71. The Balaban J connectivity index is 0.00000264. The van der Waals surface area contributed by atoms with E-state index in [2.05, 4.69) is 15.6 Å². The molecule has 1 heterocycles. The number of ether oxygens (including phenoxy) is 3. The first-order chi connectivity index (χ1) is 10.8. The van der Waals surface area contributed by atoms with Crippen LogP contribution in [0.4, 0.5) is 0 Å². The molecular formula is C16H26IN3O3. The molecule has 0 saturated carbocycles. The molecule has 1 unspecified atom stereocenters. The largest absolute Gasteiger partial charge is 0.486 e. The molecule has 1 aromatic carbocycles. The van der Waals surface area contributed by atoms with Crippen molar-refractivity contribution in [3.8, 4) is 11.5 Å². The van der Waals surface area contributed by atoms with Crippen molar-refractivity contribution >= 4 is 29.9 Å². The highest BCUT2D eigenvalue weighted by Gasteiger charge is 2.20. The van der Waals surface area contributed by atoms with Gasteiger partial charge >= 0.3 is 0 Å². The molecule has 1 atom stereocenters. The van der Waals surface area contributed by atoms with Gasteiger partial charge in [-0.2, -0.15) is 0 Å². The summed E-state index contributed by atoms with van der Waals surface area (Å²) in [4.78, 5) is 4.19. The molecular weight excluding hydrogens is 409 g/mol. The van der Waals surface area contributed by atoms with Crippen molar-refractivity contribution in [3.05, 3.63) is 24.3 Å². The molecule has 7 heteroatoms. The summed E-state index contributed by atoms with van der Waals surface area (Å²) in [6.45, 7) is 5.51. The van der Waals surface area contributed by atoms with Crippen LogP contribution in [0.2, 0.25) is 0 Å². The molecule has 1 aliphatic heterocycles. The maximum absolute atomic E-state index is 5.89. The van der Waals surface area contributed by atoms with E-state index in [9.17, 15) is 0 Å². The first kappa shape index (κ1) is 19.8. The Morgan fingerprint density at radius 2 is 2.09 bits per heavy atom. The van der Waals surface area contributed by atoms with Crippen molar-refractivity contribution in [2.45, 2.75) is 19.4 Å². The molecule has 2 rings (SSSR count). The van der Waals surface area contributed by atoms with Crippen LogP contribution in [-0.4, -0.2) is 52.0 Å². The molecule has 0 bridgehead atoms. The zero-order valence-electron chi connectivity index (χ0n) is 13.7. The third kappa shape index (κ3) is 6.82. The van der Waals surface area contributed by atoms with E-state index in [-0.39, 0.29) is 30.1 Å². The number of nitrogens with one attached hydrogen (secondary N) is 2. The van der Waals surface area contributed by atoms with Gasteiger partial charge in [0.2, 0.25) is 0 Å². The van der Waals surface area contributed by atoms with Crippen molar-refractivity contribution in [2.75, 3.05) is 40.0 Å². The van der Waals surface area contributed by atoms with E-state index in [0.29, 0.717) is 13.2 Å². The number of benzene rings is 1. The second kappa shape index (κ2) is 11.3. The van der Waals surface area contributed by atoms with Crippen LogP contribution in [0.15, 0.2) is 29.3 Å². The second-order valence-electron chi connectivity index (χ2n) is 4.93. The van der Waals surface area contributed by atoms with Gasteiger partial charge in [-0.15, -0.1) is 24.0 Å². The third-order valence-corrected chi connectivity index (χ3v) is 3.25. The van der Waals surface area contributed by atoms with Gasteiger partial charge in [0.05, 0.1) is 6.54 Å². The Morgan fingerprint density at radius 3 is 2.83 bits per heavy atom. The highest BCUT2D eigenvalue weighted by Crippen LogP contribution is 2.30. The van der Waals surface area contributed by atoms with E-state index in [1.807, 2.05) is 31.2 Å². The molecule has 23 heavy (non-hydrogen) atoms. The first-order valence-electron chi connectivity index (χ1n) is 7.74. The number of rotatable bonds is 7. The van der Waals surface area contributed by atoms with Crippen LogP contribution in [0.5, 0.6) is 11.5 Å². The summed E-state index contributed by atoms with van der Waals surface area (Å²) in [7, 11) is 1.76. The normalized spacial score (nSPS) is 16.4. The van der Waals surface area contributed by atoms with Gasteiger partial charge in [-0.25, -0.2) is 0 Å². The summed E-state index contributed by atoms with van der Waals surface area (Å²) in [5.74, 6) is 2.36. The Bertz CT molecular complexity index is 485. The van der Waals surface area contributed by atoms with Crippen LogP contribution in [0, 0.1) is 0 Å². The topological polar surface area (TPSA) is 64.1 Å². The lowest BCUT2D eigenvalue weighted by atomic mass is 10.2. The maximum Gasteiger partial charge on any atom is 0.191 e. The molecule has 0 fully saturated rings. The minimum absolute atomic E-state index is 0. The molecule has 1 aromatic rings. The van der Waals surface area contributed by atoms with Crippen LogP contribution in [0.1, 0.15) is 13.3 Å². The quantitative estimate of drug-likeness (QED) is 0.297. The van der Waals surface area contributed by atoms with Gasteiger partial charge in [-0.1, -0.05) is 12.1 Å². The lowest BCUT2D eigenvalue weighted by Crippen LogP contribution is -2.45. The number of nitrogens with zero attached hydrogens (tertiary/aromatic N) is 1. The van der Waals surface area contributed by atoms with Gasteiger partial charge in [0.1, 0.15) is 12.7 Å². The number of hydrogen-bond acceptors (Lipinski definition) is 4. The summed E-state index contributed by atoms with van der Waals surface area (Å²) in [5.41, 5.74) is 0. The van der Waals surface area contributed by atoms with E-state index in [4.69, 9.17) is 14.2 Å². The van der Waals surface area contributed by atoms with E-state index >= 15 is 0 Å². The number of fused-ring (bicyclic) bond motifs is 1. The highest BCUT2D eigenvalue weighted by atomic mass is 127. The van der Waals surface area contributed by atoms with Gasteiger partial charge < -0.3 is 24.8 Å². The summed E-state index contributed by atoms with van der Waals surface area (Å²) in [6.07, 6.45) is 0.919. The molecule has 1 aliphatic rings. The molecule has 2 N–H and O–H groups in total. The van der Waals surface area contributed by atoms with E-state index in [0.717, 1.165) is 43.6 Å². The predicted molar refractivity (Wildman–Crippen MR) is 102 cm³/mol. The molecule has 0 radical (unpaired) electrons. The van der Waals surface area contributed by atoms with E-state index in [1.165, 1.54) is 0 Å². The number of para-hydroxylation sites is 2. The van der Waals surface area contributed by atoms with Crippen molar-refractivity contribution in [2.24, 2.45) is 4.99 Å². The van der Waals surface area contributed by atoms with E-state index in [1.54, 1.807) is 7.05 Å². The van der Waals surface area contributed by atoms with Crippen molar-refractivity contribution < 1.29 is 14.2 Å². The molecule has 0 aromatic heterocycles. The Labute approximate surface area is 155 Å². The van der Waals surface area contributed by atoms with Gasteiger partial charge in [0.25, 0.3) is 0 Å². The Morgan fingerprint density at radius 1 is 1.30 bits per heavy atom. The minimum atomic E-state index is -0.0307. The van der Waals surface area contributed by atoms with Crippen molar-refractivity contribution in [3.63, 3.8) is 0 Å². The molecule has 130 valence electrons. The zero-order chi connectivity index (χ0) is 15.6. The van der Waals surface area contributed by atoms with Crippen LogP contribution >= 0.6 is 24.0 Å². The van der Waals surface area contributed by atoms with Gasteiger partial charge in [0.15, 0.2) is 17.5 Å². The van der Waals surface area contributed by atoms with Crippen LogP contribution in [0.3, 0.4) is 0 Å². The van der Waals surface area contributed by atoms with Crippen molar-refractivity contribution in [1.82, 2.24) is 10.6 Å². The fourth-order valence-electron chi connectivity index (χ4n) is 2.12. The maximum atomic E-state index is 5.89. The van der Waals surface area contributed by atoms with Crippen LogP contribution < -0.4 is 20.1 Å². The molecule has 6 nitrogen and oxygen atoms in total. The number of aliphatic imine (C=N–C) groups is 1. The van der Waals surface area contributed by atoms with Crippen molar-refractivity contribution in [1.29, 1.82) is 0 Å². The predicted octanol–water partition coefficient (Wildman–Crippen LogP) is 2.04. The monoisotopic (exact) mass is 435 g/mol. The Kier molecular flexibility index (Phi) is 9.77. The first-order valence-corrected chi connectivity index (χ1v) is 7.74. The highest BCUT2D eigenvalue weighted by molar-refractivity contribution is 14.0. The fourth-order valence-corrected chi connectivity index (χ4v) is 2.12.